The summed E-state index contributed by atoms with van der Waals surface area (Å²) in [6.45, 7) is 7.36. The molecule has 3 heterocycles. The summed E-state index contributed by atoms with van der Waals surface area (Å²) in [5.41, 5.74) is 5.75. The lowest BCUT2D eigenvalue weighted by atomic mass is 10.1. The molecule has 1 aliphatic rings. The maximum atomic E-state index is 12.8. The second-order valence-corrected chi connectivity index (χ2v) is 9.38. The van der Waals surface area contributed by atoms with Crippen molar-refractivity contribution in [1.29, 1.82) is 0 Å². The summed E-state index contributed by atoms with van der Waals surface area (Å²) in [4.78, 5) is 24.2. The molecule has 0 saturated carbocycles. The second kappa shape index (κ2) is 8.43. The third kappa shape index (κ3) is 3.58. The van der Waals surface area contributed by atoms with Gasteiger partial charge >= 0.3 is 0 Å². The molecular weight excluding hydrogens is 416 g/mol. The van der Waals surface area contributed by atoms with E-state index in [0.29, 0.717) is 0 Å². The molecule has 0 unspecified atom stereocenters. The normalized spacial score (nSPS) is 13.4. The summed E-state index contributed by atoms with van der Waals surface area (Å²) in [5.74, 6) is 1.14. The van der Waals surface area contributed by atoms with Crippen LogP contribution in [-0.4, -0.2) is 40.0 Å². The van der Waals surface area contributed by atoms with E-state index in [-0.39, 0.29) is 5.91 Å². The quantitative estimate of drug-likeness (QED) is 0.417. The molecule has 0 radical (unpaired) electrons. The molecule has 0 saturated heterocycles. The van der Waals surface area contributed by atoms with Gasteiger partial charge in [-0.3, -0.25) is 4.79 Å². The minimum Gasteiger partial charge on any atom is -0.367 e. The zero-order valence-corrected chi connectivity index (χ0v) is 19.7. The molecule has 2 aromatic carbocycles. The number of anilines is 1. The first-order valence-corrected chi connectivity index (χ1v) is 12.1. The van der Waals surface area contributed by atoms with Gasteiger partial charge in [-0.25, -0.2) is 4.98 Å². The number of carbonyl (C=O) groups is 1. The van der Waals surface area contributed by atoms with Crippen LogP contribution in [0.3, 0.4) is 0 Å². The van der Waals surface area contributed by atoms with E-state index in [1.165, 1.54) is 16.1 Å². The Hall–Kier alpha value is -3.12. The van der Waals surface area contributed by atoms with Crippen LogP contribution in [0.25, 0.3) is 22.4 Å². The number of rotatable bonds is 5. The molecule has 0 spiro atoms. The lowest BCUT2D eigenvalue weighted by Gasteiger charge is -2.29. The monoisotopic (exact) mass is 444 g/mol. The van der Waals surface area contributed by atoms with E-state index < -0.39 is 0 Å². The Morgan fingerprint density at radius 1 is 1.09 bits per heavy atom. The molecule has 4 aromatic rings. The molecule has 5 rings (SSSR count). The van der Waals surface area contributed by atoms with Gasteiger partial charge < -0.3 is 14.4 Å². The van der Waals surface area contributed by atoms with E-state index >= 15 is 0 Å². The zero-order chi connectivity index (χ0) is 22.2. The Bertz CT molecular complexity index is 1280. The van der Waals surface area contributed by atoms with Gasteiger partial charge in [0.05, 0.1) is 15.9 Å². The Morgan fingerprint density at radius 2 is 1.91 bits per heavy atom. The molecule has 1 amide bonds. The maximum absolute atomic E-state index is 12.8. The van der Waals surface area contributed by atoms with Crippen molar-refractivity contribution in [2.45, 2.75) is 26.8 Å². The van der Waals surface area contributed by atoms with Crippen LogP contribution in [0.1, 0.15) is 34.0 Å². The number of hydrogen-bond acceptors (Lipinski definition) is 4. The predicted octanol–water partition coefficient (Wildman–Crippen LogP) is 5.35. The van der Waals surface area contributed by atoms with Crippen LogP contribution in [0.15, 0.2) is 54.6 Å². The van der Waals surface area contributed by atoms with Crippen molar-refractivity contribution in [3.8, 4) is 11.4 Å². The highest BCUT2D eigenvalue weighted by Gasteiger charge is 2.23. The number of hydrogen-bond donors (Lipinski definition) is 0. The fraction of sp³-hybridized carbons (Fsp3) is 0.308. The van der Waals surface area contributed by atoms with Crippen LogP contribution >= 0.6 is 11.3 Å². The van der Waals surface area contributed by atoms with Gasteiger partial charge in [0.15, 0.2) is 0 Å². The van der Waals surface area contributed by atoms with Gasteiger partial charge in [-0.05, 0) is 56.2 Å². The minimum atomic E-state index is 0.157. The number of aryl methyl sites for hydroxylation is 1. The van der Waals surface area contributed by atoms with E-state index in [1.54, 1.807) is 11.3 Å². The molecule has 32 heavy (non-hydrogen) atoms. The molecule has 6 heteroatoms. The van der Waals surface area contributed by atoms with Crippen LogP contribution in [-0.2, 0) is 20.0 Å². The van der Waals surface area contributed by atoms with Gasteiger partial charge in [0.1, 0.15) is 5.82 Å². The summed E-state index contributed by atoms with van der Waals surface area (Å²) in [6.07, 6.45) is 0.974. The first-order chi connectivity index (χ1) is 15.6. The number of carbonyl (C=O) groups excluding carboxylic acids is 1. The number of para-hydroxylation sites is 2. The number of imidazole rings is 1. The Morgan fingerprint density at radius 3 is 2.69 bits per heavy atom. The number of nitrogens with zero attached hydrogens (tertiary/aromatic N) is 4. The average Bonchev–Trinajstić information content (AvgIpc) is 3.41. The van der Waals surface area contributed by atoms with Gasteiger partial charge in [0.2, 0.25) is 0 Å². The largest absolute Gasteiger partial charge is 0.367 e. The van der Waals surface area contributed by atoms with Crippen LogP contribution in [0.4, 0.5) is 5.69 Å². The second-order valence-electron chi connectivity index (χ2n) is 8.24. The SMILES string of the molecule is CCN(CC)C(=O)c1cc2c(s1)CCN(c1cccc(-c3nc4ccccc4n3C)c1)C2. The van der Waals surface area contributed by atoms with E-state index in [2.05, 4.69) is 65.0 Å². The topological polar surface area (TPSA) is 41.4 Å². The first-order valence-electron chi connectivity index (χ1n) is 11.3. The molecule has 1 aliphatic heterocycles. The smallest absolute Gasteiger partial charge is 0.263 e. The standard InChI is InChI=1S/C26H28N4OS/c1-4-29(5-2)26(31)24-16-19-17-30(14-13-23(19)32-24)20-10-8-9-18(15-20)25-27-21-11-6-7-12-22(21)28(25)3/h6-12,15-16H,4-5,13-14,17H2,1-3H3. The summed E-state index contributed by atoms with van der Waals surface area (Å²) < 4.78 is 2.16. The highest BCUT2D eigenvalue weighted by molar-refractivity contribution is 7.14. The van der Waals surface area contributed by atoms with Crippen molar-refractivity contribution in [2.75, 3.05) is 24.5 Å². The summed E-state index contributed by atoms with van der Waals surface area (Å²) in [5, 5.41) is 0. The highest BCUT2D eigenvalue weighted by Crippen LogP contribution is 2.33. The molecule has 2 aromatic heterocycles. The van der Waals surface area contributed by atoms with Crippen molar-refractivity contribution in [2.24, 2.45) is 7.05 Å². The fourth-order valence-corrected chi connectivity index (χ4v) is 5.70. The lowest BCUT2D eigenvalue weighted by Crippen LogP contribution is -2.30. The van der Waals surface area contributed by atoms with Gasteiger partial charge in [0, 0.05) is 49.4 Å². The molecule has 0 N–H and O–H groups in total. The number of aromatic nitrogens is 2. The van der Waals surface area contributed by atoms with Crippen molar-refractivity contribution in [3.05, 3.63) is 69.9 Å². The van der Waals surface area contributed by atoms with Crippen molar-refractivity contribution in [3.63, 3.8) is 0 Å². The molecule has 0 bridgehead atoms. The summed E-state index contributed by atoms with van der Waals surface area (Å²) >= 11 is 1.67. The summed E-state index contributed by atoms with van der Waals surface area (Å²) in [7, 11) is 2.07. The van der Waals surface area contributed by atoms with E-state index in [0.717, 1.165) is 59.9 Å². The molecule has 0 aliphatic carbocycles. The van der Waals surface area contributed by atoms with Crippen LogP contribution in [0.5, 0.6) is 0 Å². The molecule has 0 atom stereocenters. The van der Waals surface area contributed by atoms with Crippen LogP contribution < -0.4 is 4.90 Å². The summed E-state index contributed by atoms with van der Waals surface area (Å²) in [6, 6.07) is 19.0. The van der Waals surface area contributed by atoms with Crippen molar-refractivity contribution < 1.29 is 4.79 Å². The first kappa shape index (κ1) is 20.8. The van der Waals surface area contributed by atoms with E-state index in [9.17, 15) is 4.79 Å². The van der Waals surface area contributed by atoms with Gasteiger partial charge in [0.25, 0.3) is 5.91 Å². The zero-order valence-electron chi connectivity index (χ0n) is 18.8. The van der Waals surface area contributed by atoms with Gasteiger partial charge in [-0.2, -0.15) is 0 Å². The fourth-order valence-electron chi connectivity index (χ4n) is 4.57. The average molecular weight is 445 g/mol. The van der Waals surface area contributed by atoms with Gasteiger partial charge in [-0.1, -0.05) is 24.3 Å². The minimum absolute atomic E-state index is 0.157. The Balaban J connectivity index is 1.42. The van der Waals surface area contributed by atoms with Crippen LogP contribution in [0.2, 0.25) is 0 Å². The number of fused-ring (bicyclic) bond motifs is 2. The Labute approximate surface area is 192 Å². The molecule has 5 nitrogen and oxygen atoms in total. The Kier molecular flexibility index (Phi) is 5.47. The third-order valence-corrected chi connectivity index (χ3v) is 7.61. The molecular formula is C26H28N4OS. The van der Waals surface area contributed by atoms with Crippen LogP contribution in [0, 0.1) is 0 Å². The number of thiophene rings is 1. The predicted molar refractivity (Wildman–Crippen MR) is 132 cm³/mol. The van der Waals surface area contributed by atoms with E-state index in [1.807, 2.05) is 24.8 Å². The highest BCUT2D eigenvalue weighted by atomic mass is 32.1. The molecule has 164 valence electrons. The third-order valence-electron chi connectivity index (χ3n) is 6.38. The lowest BCUT2D eigenvalue weighted by molar-refractivity contribution is 0.0777. The molecule has 0 fully saturated rings. The van der Waals surface area contributed by atoms with Gasteiger partial charge in [-0.15, -0.1) is 11.3 Å². The van der Waals surface area contributed by atoms with E-state index in [4.69, 9.17) is 4.98 Å². The van der Waals surface area contributed by atoms with Crippen molar-refractivity contribution in [1.82, 2.24) is 14.5 Å². The maximum Gasteiger partial charge on any atom is 0.263 e. The number of benzene rings is 2. The number of amides is 1. The van der Waals surface area contributed by atoms with Crippen molar-refractivity contribution >= 4 is 34.0 Å².